The molecule has 100 valence electrons. The molecular formula is C13H14N2O4. The van der Waals surface area contributed by atoms with Crippen LogP contribution in [-0.2, 0) is 11.3 Å². The van der Waals surface area contributed by atoms with E-state index in [0.29, 0.717) is 11.5 Å². The monoisotopic (exact) mass is 262 g/mol. The number of carboxylic acid groups (broad SMARTS) is 1. The molecule has 0 aliphatic heterocycles. The van der Waals surface area contributed by atoms with Crippen molar-refractivity contribution in [3.63, 3.8) is 0 Å². The van der Waals surface area contributed by atoms with Gasteiger partial charge < -0.3 is 14.3 Å². The summed E-state index contributed by atoms with van der Waals surface area (Å²) >= 11 is 0. The Labute approximate surface area is 110 Å². The van der Waals surface area contributed by atoms with Crippen molar-refractivity contribution in [2.75, 3.05) is 0 Å². The lowest BCUT2D eigenvalue weighted by Crippen LogP contribution is -2.02. The number of nitrogens with zero attached hydrogens (tertiary/aromatic N) is 2. The molecule has 0 saturated heterocycles. The van der Waals surface area contributed by atoms with Crippen LogP contribution in [0.15, 0.2) is 28.7 Å². The largest absolute Gasteiger partial charge is 0.478 e. The number of aromatic carboxylic acids is 1. The summed E-state index contributed by atoms with van der Waals surface area (Å²) in [6.07, 6.45) is 0.0747. The van der Waals surface area contributed by atoms with Crippen LogP contribution in [-0.4, -0.2) is 27.4 Å². The van der Waals surface area contributed by atoms with Crippen molar-refractivity contribution in [1.82, 2.24) is 10.2 Å². The number of carboxylic acids is 1. The van der Waals surface area contributed by atoms with Gasteiger partial charge in [-0.2, -0.15) is 0 Å². The maximum atomic E-state index is 10.9. The van der Waals surface area contributed by atoms with Crippen LogP contribution in [0.5, 0.6) is 0 Å². The zero-order valence-corrected chi connectivity index (χ0v) is 10.7. The van der Waals surface area contributed by atoms with Crippen molar-refractivity contribution in [3.8, 4) is 11.5 Å². The minimum Gasteiger partial charge on any atom is -0.478 e. The van der Waals surface area contributed by atoms with Crippen molar-refractivity contribution in [1.29, 1.82) is 0 Å². The minimum absolute atomic E-state index is 0.0747. The molecule has 0 radical (unpaired) electrons. The number of hydrogen-bond donors (Lipinski definition) is 1. The predicted molar refractivity (Wildman–Crippen MR) is 66.6 cm³/mol. The maximum absolute atomic E-state index is 10.9. The summed E-state index contributed by atoms with van der Waals surface area (Å²) in [6.45, 7) is 4.06. The molecule has 19 heavy (non-hydrogen) atoms. The fourth-order valence-corrected chi connectivity index (χ4v) is 1.45. The maximum Gasteiger partial charge on any atom is 0.335 e. The first-order valence-electron chi connectivity index (χ1n) is 5.84. The smallest absolute Gasteiger partial charge is 0.335 e. The number of carbonyl (C=O) groups is 1. The Bertz CT molecular complexity index is 578. The van der Waals surface area contributed by atoms with Crippen LogP contribution in [0.2, 0.25) is 0 Å². The second-order valence-electron chi connectivity index (χ2n) is 4.25. The number of aromatic nitrogens is 2. The molecule has 2 aromatic rings. The van der Waals surface area contributed by atoms with E-state index in [0.717, 1.165) is 0 Å². The lowest BCUT2D eigenvalue weighted by Gasteiger charge is -2.02. The van der Waals surface area contributed by atoms with Crippen LogP contribution < -0.4 is 0 Å². The van der Waals surface area contributed by atoms with E-state index in [9.17, 15) is 4.79 Å². The zero-order valence-electron chi connectivity index (χ0n) is 10.7. The highest BCUT2D eigenvalue weighted by Gasteiger charge is 2.11. The van der Waals surface area contributed by atoms with Crippen LogP contribution in [0, 0.1) is 0 Å². The summed E-state index contributed by atoms with van der Waals surface area (Å²) in [5.41, 5.74) is 0.749. The molecule has 1 aromatic carbocycles. The molecule has 6 heteroatoms. The van der Waals surface area contributed by atoms with Gasteiger partial charge in [-0.3, -0.25) is 0 Å². The van der Waals surface area contributed by atoms with Crippen LogP contribution in [0.25, 0.3) is 11.5 Å². The van der Waals surface area contributed by atoms with Gasteiger partial charge in [0.05, 0.1) is 11.7 Å². The van der Waals surface area contributed by atoms with Gasteiger partial charge in [-0.05, 0) is 32.0 Å². The van der Waals surface area contributed by atoms with Gasteiger partial charge in [-0.15, -0.1) is 10.2 Å². The minimum atomic E-state index is -0.996. The molecule has 6 nitrogen and oxygen atoms in total. The molecular weight excluding hydrogens is 248 g/mol. The lowest BCUT2D eigenvalue weighted by molar-refractivity contribution is 0.0519. The van der Waals surface area contributed by atoms with Crippen molar-refractivity contribution in [2.24, 2.45) is 0 Å². The van der Waals surface area contributed by atoms with Crippen molar-refractivity contribution in [2.45, 2.75) is 26.6 Å². The Kier molecular flexibility index (Phi) is 3.91. The summed E-state index contributed by atoms with van der Waals surface area (Å²) in [5, 5.41) is 16.6. The molecule has 0 bridgehead atoms. The van der Waals surface area contributed by atoms with Gasteiger partial charge in [0.2, 0.25) is 11.8 Å². The average molecular weight is 262 g/mol. The Hall–Kier alpha value is -2.21. The van der Waals surface area contributed by atoms with E-state index in [1.807, 2.05) is 13.8 Å². The number of rotatable bonds is 5. The fraction of sp³-hybridized carbons (Fsp3) is 0.308. The van der Waals surface area contributed by atoms with E-state index in [1.54, 1.807) is 12.1 Å². The zero-order chi connectivity index (χ0) is 13.8. The van der Waals surface area contributed by atoms with Crippen LogP contribution in [0.4, 0.5) is 0 Å². The van der Waals surface area contributed by atoms with Crippen LogP contribution in [0.3, 0.4) is 0 Å². The SMILES string of the molecule is CC(C)OCc1nnc(-c2cccc(C(=O)O)c2)o1. The van der Waals surface area contributed by atoms with E-state index >= 15 is 0 Å². The Morgan fingerprint density at radius 3 is 2.89 bits per heavy atom. The summed E-state index contributed by atoms with van der Waals surface area (Å²) < 4.78 is 10.8. The lowest BCUT2D eigenvalue weighted by atomic mass is 10.1. The third-order valence-corrected chi connectivity index (χ3v) is 2.36. The highest BCUT2D eigenvalue weighted by molar-refractivity contribution is 5.88. The molecule has 0 spiro atoms. The highest BCUT2D eigenvalue weighted by Crippen LogP contribution is 2.19. The molecule has 0 aliphatic rings. The van der Waals surface area contributed by atoms with Crippen molar-refractivity contribution < 1.29 is 19.1 Å². The van der Waals surface area contributed by atoms with Gasteiger partial charge in [0, 0.05) is 5.56 Å². The van der Waals surface area contributed by atoms with E-state index in [1.165, 1.54) is 12.1 Å². The molecule has 0 atom stereocenters. The quantitative estimate of drug-likeness (QED) is 0.890. The summed E-state index contributed by atoms with van der Waals surface area (Å²) in [5.74, 6) is -0.348. The summed E-state index contributed by atoms with van der Waals surface area (Å²) in [6, 6.07) is 6.34. The standard InChI is InChI=1S/C13H14N2O4/c1-8(2)18-7-11-14-15-12(19-11)9-4-3-5-10(6-9)13(16)17/h3-6,8H,7H2,1-2H3,(H,16,17). The van der Waals surface area contributed by atoms with Gasteiger partial charge in [0.1, 0.15) is 6.61 Å². The molecule has 1 aromatic heterocycles. The van der Waals surface area contributed by atoms with Crippen LogP contribution in [0.1, 0.15) is 30.1 Å². The van der Waals surface area contributed by atoms with Gasteiger partial charge in [0.15, 0.2) is 0 Å². The number of ether oxygens (including phenoxy) is 1. The van der Waals surface area contributed by atoms with Crippen molar-refractivity contribution in [3.05, 3.63) is 35.7 Å². The molecule has 2 rings (SSSR count). The molecule has 0 saturated carbocycles. The van der Waals surface area contributed by atoms with Gasteiger partial charge in [0.25, 0.3) is 0 Å². The molecule has 0 amide bonds. The molecule has 1 heterocycles. The van der Waals surface area contributed by atoms with E-state index in [2.05, 4.69) is 10.2 Å². The summed E-state index contributed by atoms with van der Waals surface area (Å²) in [4.78, 5) is 10.9. The second-order valence-corrected chi connectivity index (χ2v) is 4.25. The molecule has 0 aliphatic carbocycles. The summed E-state index contributed by atoms with van der Waals surface area (Å²) in [7, 11) is 0. The van der Waals surface area contributed by atoms with Crippen LogP contribution >= 0.6 is 0 Å². The Balaban J connectivity index is 2.18. The second kappa shape index (κ2) is 5.62. The van der Waals surface area contributed by atoms with Gasteiger partial charge in [-0.25, -0.2) is 4.79 Å². The first-order valence-corrected chi connectivity index (χ1v) is 5.84. The highest BCUT2D eigenvalue weighted by atomic mass is 16.5. The number of benzene rings is 1. The fourth-order valence-electron chi connectivity index (χ4n) is 1.45. The van der Waals surface area contributed by atoms with Gasteiger partial charge in [-0.1, -0.05) is 6.07 Å². The van der Waals surface area contributed by atoms with Crippen molar-refractivity contribution >= 4 is 5.97 Å². The Morgan fingerprint density at radius 2 is 2.21 bits per heavy atom. The molecule has 0 unspecified atom stereocenters. The number of hydrogen-bond acceptors (Lipinski definition) is 5. The first-order chi connectivity index (χ1) is 9.06. The predicted octanol–water partition coefficient (Wildman–Crippen LogP) is 2.36. The van der Waals surface area contributed by atoms with E-state index in [-0.39, 0.29) is 24.2 Å². The average Bonchev–Trinajstić information content (AvgIpc) is 2.85. The normalized spacial score (nSPS) is 10.9. The molecule has 0 fully saturated rings. The molecule has 1 N–H and O–H groups in total. The van der Waals surface area contributed by atoms with Gasteiger partial charge >= 0.3 is 5.97 Å². The Morgan fingerprint density at radius 1 is 1.42 bits per heavy atom. The van der Waals surface area contributed by atoms with E-state index < -0.39 is 5.97 Å². The third-order valence-electron chi connectivity index (χ3n) is 2.36. The topological polar surface area (TPSA) is 85.5 Å². The van der Waals surface area contributed by atoms with E-state index in [4.69, 9.17) is 14.3 Å². The first kappa shape index (κ1) is 13.2. The third kappa shape index (κ3) is 3.38.